The summed E-state index contributed by atoms with van der Waals surface area (Å²) < 4.78 is 62.2. The summed E-state index contributed by atoms with van der Waals surface area (Å²) in [4.78, 5) is 186. The number of hydrogen-bond donors (Lipinski definition) is 6. The summed E-state index contributed by atoms with van der Waals surface area (Å²) in [5.74, 6) is -6.81. The number of methoxy groups -OCH3 is 4. The molecular weight excluding hydrogens is 1880 g/mol. The van der Waals surface area contributed by atoms with Crippen molar-refractivity contribution in [2.45, 2.75) is 40.0 Å². The van der Waals surface area contributed by atoms with Crippen LogP contribution in [-0.4, -0.2) is 153 Å². The molecule has 130 heavy (non-hydrogen) atoms. The number of aromatic hydroxyl groups is 1. The van der Waals surface area contributed by atoms with Crippen molar-refractivity contribution in [3.05, 3.63) is 277 Å². The second-order valence-corrected chi connectivity index (χ2v) is 29.4. The number of esters is 7. The highest BCUT2D eigenvalue weighted by Gasteiger charge is 2.24. The van der Waals surface area contributed by atoms with Crippen molar-refractivity contribution < 1.29 is 125 Å². The van der Waals surface area contributed by atoms with E-state index in [1.807, 2.05) is 6.92 Å². The number of piperidine rings is 1. The number of hydrogen-bond acceptors (Lipinski definition) is 35. The van der Waals surface area contributed by atoms with Crippen molar-refractivity contribution in [1.29, 1.82) is 0 Å². The molecule has 0 aliphatic carbocycles. The number of phenols is 1. The van der Waals surface area contributed by atoms with Crippen LogP contribution in [0.15, 0.2) is 198 Å². The van der Waals surface area contributed by atoms with Crippen LogP contribution < -0.4 is 44.5 Å². The molecule has 0 bridgehead atoms. The number of rotatable bonds is 15. The number of terminal acetylenes is 1. The second kappa shape index (κ2) is 53.5. The first-order valence-electron chi connectivity index (χ1n) is 37.3. The fourth-order valence-corrected chi connectivity index (χ4v) is 12.4. The van der Waals surface area contributed by atoms with Crippen molar-refractivity contribution in [2.24, 2.45) is 5.92 Å². The Kier molecular flexibility index (Phi) is 43.0. The third-order valence-corrected chi connectivity index (χ3v) is 19.1. The summed E-state index contributed by atoms with van der Waals surface area (Å²) in [6.07, 6.45) is 10.8. The maximum absolute atomic E-state index is 12.3. The molecule has 44 heteroatoms. The van der Waals surface area contributed by atoms with E-state index < -0.39 is 86.9 Å². The molecule has 0 radical (unpaired) electrons. The van der Waals surface area contributed by atoms with Gasteiger partial charge in [-0.3, -0.25) is 29.3 Å². The summed E-state index contributed by atoms with van der Waals surface area (Å²) in [5.41, 5.74) is 2.01. The van der Waals surface area contributed by atoms with E-state index in [0.29, 0.717) is 114 Å². The van der Waals surface area contributed by atoms with Crippen molar-refractivity contribution in [3.63, 3.8) is 0 Å². The fraction of sp³-hybridized carbons (Fsp3) is 0.186. The van der Waals surface area contributed by atoms with Gasteiger partial charge in [0.25, 0.3) is 5.91 Å². The van der Waals surface area contributed by atoms with Gasteiger partial charge in [0.15, 0.2) is 16.5 Å². The van der Waals surface area contributed by atoms with E-state index in [1.165, 1.54) is 120 Å². The number of phenolic OH excluding ortho intramolecular Hbond substituents is 1. The fourth-order valence-electron chi connectivity index (χ4n) is 10.0. The lowest BCUT2D eigenvalue weighted by atomic mass is 10.0. The molecule has 1 atom stereocenters. The number of halogens is 6. The van der Waals surface area contributed by atoms with Crippen molar-refractivity contribution in [3.8, 4) is 18.6 Å². The lowest BCUT2D eigenvalue weighted by Gasteiger charge is -2.20. The lowest BCUT2D eigenvalue weighted by molar-refractivity contribution is -0.151. The number of aromatic carboxylic acids is 2. The number of benzene rings is 6. The number of aldehydes is 1. The van der Waals surface area contributed by atoms with Crippen LogP contribution >= 0.6 is 92.3 Å². The molecule has 36 nitrogen and oxygen atoms in total. The van der Waals surface area contributed by atoms with Gasteiger partial charge in [0.05, 0.1) is 72.1 Å². The maximum Gasteiger partial charge on any atom is 0.351 e. The van der Waals surface area contributed by atoms with E-state index in [9.17, 15) is 76.7 Å². The smallest absolute Gasteiger partial charge is 0.351 e. The van der Waals surface area contributed by atoms with Crippen LogP contribution in [0.1, 0.15) is 123 Å². The van der Waals surface area contributed by atoms with Gasteiger partial charge in [-0.15, -0.1) is 12.8 Å². The van der Waals surface area contributed by atoms with E-state index in [-0.39, 0.29) is 68.9 Å². The highest BCUT2D eigenvalue weighted by atomic mass is 35.5. The van der Waals surface area contributed by atoms with Crippen LogP contribution in [0.25, 0.3) is 54.8 Å². The van der Waals surface area contributed by atoms with Gasteiger partial charge in [0, 0.05) is 63.6 Å². The molecule has 1 fully saturated rings. The number of fused-ring (bicyclic) bond motifs is 5. The van der Waals surface area contributed by atoms with E-state index in [0.717, 1.165) is 48.6 Å². The summed E-state index contributed by atoms with van der Waals surface area (Å²) in [5, 5.41) is 38.0. The highest BCUT2D eigenvalue weighted by Crippen LogP contribution is 2.27. The lowest BCUT2D eigenvalue weighted by Crippen LogP contribution is -2.35. The Balaban J connectivity index is 0.000000264. The van der Waals surface area contributed by atoms with E-state index in [4.69, 9.17) is 128 Å². The van der Waals surface area contributed by atoms with Gasteiger partial charge in [-0.2, -0.15) is 0 Å². The zero-order chi connectivity index (χ0) is 97.3. The monoisotopic (exact) mass is 1950 g/mol. The number of thiazole rings is 2. The number of nitrogens with zero attached hydrogens (tertiary/aromatic N) is 2. The molecule has 1 amide bonds. The molecule has 682 valence electrons. The largest absolute Gasteiger partial charge is 0.507 e. The van der Waals surface area contributed by atoms with Gasteiger partial charge in [-0.05, 0) is 180 Å². The summed E-state index contributed by atoms with van der Waals surface area (Å²) >= 11 is 36.5. The highest BCUT2D eigenvalue weighted by molar-refractivity contribution is 7.17. The standard InChI is InChI=1S/C16H11ClN2O5S.2C11H7ClO4.2C10H5ClO4.C8H15NO2.C7H5ClO2.C6H8N2O2S.C5H8O4.C2H2/c1-2-23-15(22)12-7-18-16(25-12)19-13(20)10-6-8-5-9(17)3-4-11(8)24-14(10)21;2*1-15-10(13)8-5-6-4-7(12)2-3-9(6)16-11(8)14;2*11-6-1-2-8-5(3-6)4-7(9(12)13)10(14)15-8;1-2-11-8(10)7-4-3-5-9-6-7;8-6-1-2-7(10)5(3-6)4-9;1-2-10-5(9)4-3-8-6(7)11-4;1-8-4(6)3-5(7)9-2;1-2/h3-7H,2H2,1H3,(H,18,19,20);2*2-5H,1H3;2*1-4H,(H,12,13);7,9H,2-6H2,1H3;1-4,10H;3H,2H2,1H3,(H2,7,8);3H2,1-2H3;1-2H/i;;;;;;;;;1D. The summed E-state index contributed by atoms with van der Waals surface area (Å²) in [6.45, 7) is 8.21. The molecule has 7 aromatic heterocycles. The summed E-state index contributed by atoms with van der Waals surface area (Å²) in [7, 11) is 4.82. The average molecular weight is 1950 g/mol. The molecule has 1 unspecified atom stereocenters. The number of ether oxygens (including phenoxy) is 7. The van der Waals surface area contributed by atoms with Crippen molar-refractivity contribution in [2.75, 3.05) is 72.4 Å². The molecule has 0 saturated carbocycles. The second-order valence-electron chi connectivity index (χ2n) is 24.7. The zero-order valence-electron chi connectivity index (χ0n) is 69.7. The van der Waals surface area contributed by atoms with Gasteiger partial charge < -0.3 is 81.6 Å². The van der Waals surface area contributed by atoms with Crippen LogP contribution in [0.2, 0.25) is 30.1 Å². The average Bonchev–Trinajstić information content (AvgIpc) is 1.76. The van der Waals surface area contributed by atoms with Gasteiger partial charge in [0.1, 0.15) is 79.0 Å². The quantitative estimate of drug-likeness (QED) is 0.0139. The molecule has 1 aliphatic heterocycles. The number of anilines is 2. The van der Waals surface area contributed by atoms with Crippen molar-refractivity contribution in [1.82, 2.24) is 15.3 Å². The van der Waals surface area contributed by atoms with Crippen LogP contribution in [0.4, 0.5) is 10.3 Å². The Morgan fingerprint density at radius 1 is 0.500 bits per heavy atom. The number of carbonyl (C=O) groups excluding carboxylic acids is 9. The number of nitrogen functional groups attached to an aromatic ring is 1. The Morgan fingerprint density at radius 2 is 0.838 bits per heavy atom. The SMILES string of the molecule is CCOC(=O)C1CCCNC1.CCOC(=O)c1cnc(N)s1.CCOC(=O)c1cnc(NC(=O)c2cc3cc(Cl)ccc3oc2=O)s1.COC(=O)CC(=O)OC.COC(=O)c1cc2cc(Cl)ccc2oc1=O.COC(=O)c1cc2cc(Cl)ccc2oc1=O.O=C(O)c1cc2cc(Cl)ccc2oc1=O.O=C(O)c1cc2cc(Cl)ccc2oc1=O.O=Cc1cc(Cl)ccc1O.[2H]C#C. The van der Waals surface area contributed by atoms with Gasteiger partial charge in [-0.25, -0.2) is 62.7 Å². The third kappa shape index (κ3) is 33.2. The number of carboxylic acids is 2. The Morgan fingerprint density at radius 3 is 1.16 bits per heavy atom. The molecule has 1 aliphatic rings. The molecule has 7 N–H and O–H groups in total. The number of carboxylic acid groups (broad SMARTS) is 2. The first kappa shape index (κ1) is 105. The molecule has 14 rings (SSSR count). The summed E-state index contributed by atoms with van der Waals surface area (Å²) in [6, 6.07) is 34.5. The van der Waals surface area contributed by atoms with Gasteiger partial charge >= 0.3 is 81.9 Å². The van der Waals surface area contributed by atoms with Crippen LogP contribution in [-0.2, 0) is 47.5 Å². The first-order chi connectivity index (χ1) is 62.3. The Bertz CT molecular complexity index is 6440. The number of nitrogens with one attached hydrogen (secondary N) is 2. The number of carbonyl (C=O) groups is 11. The van der Waals surface area contributed by atoms with Crippen molar-refractivity contribution >= 4 is 223 Å². The molecular formula is C86H73Cl6N5O31S2. The molecule has 0 spiro atoms. The zero-order valence-corrected chi connectivity index (χ0v) is 74.8. The number of aromatic nitrogens is 2. The third-order valence-electron chi connectivity index (χ3n) is 16.0. The minimum atomic E-state index is -1.31. The normalized spacial score (nSPS) is 11.3. The Hall–Kier alpha value is -14.1. The predicted octanol–water partition coefficient (Wildman–Crippen LogP) is 15.4. The van der Waals surface area contributed by atoms with Gasteiger partial charge in [-0.1, -0.05) is 92.3 Å². The van der Waals surface area contributed by atoms with E-state index in [1.54, 1.807) is 80.6 Å². The Labute approximate surface area is 772 Å². The van der Waals surface area contributed by atoms with Crippen LogP contribution in [0, 0.1) is 18.7 Å². The molecule has 13 aromatic rings. The minimum absolute atomic E-state index is 0.0419. The number of amides is 1. The van der Waals surface area contributed by atoms with E-state index in [2.05, 4.69) is 46.0 Å². The van der Waals surface area contributed by atoms with Crippen LogP contribution in [0.5, 0.6) is 5.75 Å². The predicted molar refractivity (Wildman–Crippen MR) is 482 cm³/mol. The van der Waals surface area contributed by atoms with E-state index >= 15 is 0 Å². The minimum Gasteiger partial charge on any atom is -0.507 e. The van der Waals surface area contributed by atoms with Crippen LogP contribution in [0.3, 0.4) is 0 Å². The topological polar surface area (TPSA) is 540 Å². The van der Waals surface area contributed by atoms with Gasteiger partial charge in [0.2, 0.25) is 0 Å². The molecule has 8 heterocycles. The maximum atomic E-state index is 12.3. The number of nitrogens with two attached hydrogens (primary N) is 1. The first-order valence-corrected chi connectivity index (χ1v) is 40.7. The molecule has 6 aromatic carbocycles. The molecule has 1 saturated heterocycles.